The van der Waals surface area contributed by atoms with Crippen LogP contribution in [0.4, 0.5) is 0 Å². The Morgan fingerprint density at radius 2 is 1.55 bits per heavy atom. The summed E-state index contributed by atoms with van der Waals surface area (Å²) >= 11 is 0. The molecule has 1 aliphatic rings. The van der Waals surface area contributed by atoms with Gasteiger partial charge in [0.25, 0.3) is 0 Å². The fourth-order valence-corrected chi connectivity index (χ4v) is 4.36. The molecule has 4 rings (SSSR count). The summed E-state index contributed by atoms with van der Waals surface area (Å²) in [5, 5.41) is 9.12. The van der Waals surface area contributed by atoms with Gasteiger partial charge >= 0.3 is 5.97 Å². The van der Waals surface area contributed by atoms with E-state index >= 15 is 0 Å². The average Bonchev–Trinajstić information content (AvgIpc) is 3.00. The molecule has 0 aromatic heterocycles. The highest BCUT2D eigenvalue weighted by Crippen LogP contribution is 2.33. The number of carboxylic acids is 1. The molecule has 3 aromatic rings. The zero-order valence-corrected chi connectivity index (χ0v) is 19.0. The molecular weight excluding hydrogens is 412 g/mol. The summed E-state index contributed by atoms with van der Waals surface area (Å²) in [5.41, 5.74) is 7.75. The molecule has 4 nitrogen and oxygen atoms in total. The number of carboxylic acid groups (broad SMARTS) is 1. The fourth-order valence-electron chi connectivity index (χ4n) is 4.36. The lowest BCUT2D eigenvalue weighted by atomic mass is 9.93. The molecule has 3 aromatic carbocycles. The first kappa shape index (κ1) is 22.8. The second-order valence-electron chi connectivity index (χ2n) is 8.33. The van der Waals surface area contributed by atoms with Crippen LogP contribution in [-0.4, -0.2) is 30.9 Å². The number of unbranched alkanes of at least 4 members (excludes halogenated alkanes) is 1. The Kier molecular flexibility index (Phi) is 7.59. The fraction of sp³-hybridized carbons (Fsp3) is 0.276. The smallest absolute Gasteiger partial charge is 0.333 e. The number of carbonyl (C=O) groups is 1. The van der Waals surface area contributed by atoms with Crippen LogP contribution < -0.4 is 4.74 Å². The highest BCUT2D eigenvalue weighted by atomic mass is 16.5. The summed E-state index contributed by atoms with van der Waals surface area (Å²) in [6.45, 7) is 0.627. The maximum absolute atomic E-state index is 11.1. The van der Waals surface area contributed by atoms with Gasteiger partial charge in [-0.1, -0.05) is 66.7 Å². The van der Waals surface area contributed by atoms with Crippen LogP contribution in [0.1, 0.15) is 40.7 Å². The van der Waals surface area contributed by atoms with E-state index in [4.69, 9.17) is 14.6 Å². The number of hydrogen-bond donors (Lipinski definition) is 1. The predicted molar refractivity (Wildman–Crippen MR) is 131 cm³/mol. The number of aryl methyl sites for hydroxylation is 2. The summed E-state index contributed by atoms with van der Waals surface area (Å²) in [7, 11) is 1.41. The van der Waals surface area contributed by atoms with E-state index in [1.54, 1.807) is 0 Å². The first-order chi connectivity index (χ1) is 16.2. The van der Waals surface area contributed by atoms with Crippen LogP contribution in [0.25, 0.3) is 5.57 Å². The molecule has 0 amide bonds. The molecular formula is C29H30O4. The molecule has 0 saturated heterocycles. The Bertz CT molecular complexity index is 1060. The van der Waals surface area contributed by atoms with Crippen LogP contribution in [0.15, 0.2) is 78.9 Å². The van der Waals surface area contributed by atoms with Crippen molar-refractivity contribution in [1.82, 2.24) is 0 Å². The van der Waals surface area contributed by atoms with Gasteiger partial charge < -0.3 is 14.6 Å². The minimum Gasteiger partial charge on any atom is -0.494 e. The van der Waals surface area contributed by atoms with Crippen LogP contribution in [0.3, 0.4) is 0 Å². The minimum absolute atomic E-state index is 0.336. The van der Waals surface area contributed by atoms with Crippen molar-refractivity contribution in [3.8, 4) is 5.75 Å². The van der Waals surface area contributed by atoms with Crippen LogP contribution in [0, 0.1) is 0 Å². The van der Waals surface area contributed by atoms with Gasteiger partial charge in [0.15, 0.2) is 6.10 Å². The van der Waals surface area contributed by atoms with Crippen molar-refractivity contribution < 1.29 is 19.4 Å². The van der Waals surface area contributed by atoms with Crippen molar-refractivity contribution in [2.45, 2.75) is 38.2 Å². The molecule has 0 aliphatic heterocycles. The second-order valence-corrected chi connectivity index (χ2v) is 8.33. The molecule has 0 saturated carbocycles. The largest absolute Gasteiger partial charge is 0.494 e. The van der Waals surface area contributed by atoms with Crippen molar-refractivity contribution in [2.24, 2.45) is 0 Å². The number of fused-ring (bicyclic) bond motifs is 2. The number of ether oxygens (including phenoxy) is 2. The number of methoxy groups -OCH3 is 1. The maximum Gasteiger partial charge on any atom is 0.333 e. The van der Waals surface area contributed by atoms with Gasteiger partial charge in [0.2, 0.25) is 0 Å². The van der Waals surface area contributed by atoms with Crippen LogP contribution >= 0.6 is 0 Å². The van der Waals surface area contributed by atoms with E-state index in [9.17, 15) is 4.79 Å². The van der Waals surface area contributed by atoms with Crippen molar-refractivity contribution in [3.05, 3.63) is 107 Å². The molecule has 170 valence electrons. The van der Waals surface area contributed by atoms with E-state index in [-0.39, 0.29) is 0 Å². The third-order valence-electron chi connectivity index (χ3n) is 6.15. The van der Waals surface area contributed by atoms with Gasteiger partial charge in [-0.15, -0.1) is 0 Å². The van der Waals surface area contributed by atoms with E-state index in [0.29, 0.717) is 13.0 Å². The normalized spacial score (nSPS) is 13.4. The Hall–Kier alpha value is -3.37. The second kappa shape index (κ2) is 11.0. The average molecular weight is 443 g/mol. The van der Waals surface area contributed by atoms with Crippen LogP contribution in [-0.2, 0) is 28.8 Å². The Balaban J connectivity index is 1.36. The molecule has 0 spiro atoms. The topological polar surface area (TPSA) is 55.8 Å². The van der Waals surface area contributed by atoms with Crippen molar-refractivity contribution >= 4 is 11.5 Å². The van der Waals surface area contributed by atoms with Crippen LogP contribution in [0.2, 0.25) is 0 Å². The van der Waals surface area contributed by atoms with Gasteiger partial charge in [-0.2, -0.15) is 0 Å². The number of rotatable bonds is 9. The summed E-state index contributed by atoms with van der Waals surface area (Å²) < 4.78 is 10.9. The molecule has 1 N–H and O–H groups in total. The van der Waals surface area contributed by atoms with E-state index in [2.05, 4.69) is 54.6 Å². The van der Waals surface area contributed by atoms with Gasteiger partial charge in [0.1, 0.15) is 5.75 Å². The van der Waals surface area contributed by atoms with Gasteiger partial charge in [-0.05, 0) is 71.2 Å². The van der Waals surface area contributed by atoms with Crippen molar-refractivity contribution in [3.63, 3.8) is 0 Å². The molecule has 0 fully saturated rings. The lowest BCUT2D eigenvalue weighted by Crippen LogP contribution is -2.24. The molecule has 0 radical (unpaired) electrons. The monoisotopic (exact) mass is 442 g/mol. The van der Waals surface area contributed by atoms with Gasteiger partial charge in [0, 0.05) is 13.5 Å². The maximum atomic E-state index is 11.1. The molecule has 4 heteroatoms. The predicted octanol–water partition coefficient (Wildman–Crippen LogP) is 5.72. The van der Waals surface area contributed by atoms with E-state index in [1.165, 1.54) is 34.9 Å². The zero-order chi connectivity index (χ0) is 23.0. The standard InChI is InChI=1S/C29H30O4/c1-32-28(29(30)31)20-21-13-17-24(18-14-21)33-19-7-6-12-27-25-10-4-2-8-22(25)15-16-23-9-3-5-11-26(23)27/h2-5,8-14,17-18,28H,6-7,15-16,19-20H2,1H3,(H,30,31). The number of benzene rings is 3. The highest BCUT2D eigenvalue weighted by molar-refractivity contribution is 5.83. The van der Waals surface area contributed by atoms with Gasteiger partial charge in [0.05, 0.1) is 6.61 Å². The lowest BCUT2D eigenvalue weighted by molar-refractivity contribution is -0.148. The quantitative estimate of drug-likeness (QED) is 0.431. The summed E-state index contributed by atoms with van der Waals surface area (Å²) in [6, 6.07) is 25.0. The third kappa shape index (κ3) is 5.71. The number of allylic oxidation sites excluding steroid dienone is 1. The number of hydrogen-bond acceptors (Lipinski definition) is 3. The van der Waals surface area contributed by atoms with Crippen molar-refractivity contribution in [2.75, 3.05) is 13.7 Å². The Morgan fingerprint density at radius 3 is 2.12 bits per heavy atom. The van der Waals surface area contributed by atoms with Crippen LogP contribution in [0.5, 0.6) is 5.75 Å². The highest BCUT2D eigenvalue weighted by Gasteiger charge is 2.18. The first-order valence-electron chi connectivity index (χ1n) is 11.5. The lowest BCUT2D eigenvalue weighted by Gasteiger charge is -2.12. The first-order valence-corrected chi connectivity index (χ1v) is 11.5. The summed E-state index contributed by atoms with van der Waals surface area (Å²) in [6.07, 6.45) is 5.85. The Labute approximate surface area is 195 Å². The van der Waals surface area contributed by atoms with E-state index < -0.39 is 12.1 Å². The van der Waals surface area contributed by atoms with Gasteiger partial charge in [-0.25, -0.2) is 4.79 Å². The zero-order valence-electron chi connectivity index (χ0n) is 19.0. The molecule has 0 heterocycles. The van der Waals surface area contributed by atoms with Crippen molar-refractivity contribution in [1.29, 1.82) is 0 Å². The molecule has 1 unspecified atom stereocenters. The Morgan fingerprint density at radius 1 is 0.939 bits per heavy atom. The summed E-state index contributed by atoms with van der Waals surface area (Å²) in [4.78, 5) is 11.1. The molecule has 1 aliphatic carbocycles. The van der Waals surface area contributed by atoms with Gasteiger partial charge in [-0.3, -0.25) is 0 Å². The van der Waals surface area contributed by atoms with E-state index in [1.807, 2.05) is 24.3 Å². The summed E-state index contributed by atoms with van der Waals surface area (Å²) in [5.74, 6) is -0.160. The number of aliphatic carboxylic acids is 1. The SMILES string of the molecule is COC(Cc1ccc(OCCCC=C2c3ccccc3CCc3ccccc32)cc1)C(=O)O. The molecule has 0 bridgehead atoms. The third-order valence-corrected chi connectivity index (χ3v) is 6.15. The van der Waals surface area contributed by atoms with E-state index in [0.717, 1.165) is 37.0 Å². The molecule has 1 atom stereocenters. The molecule has 33 heavy (non-hydrogen) atoms. The minimum atomic E-state index is -0.953.